The lowest BCUT2D eigenvalue weighted by atomic mass is 9.81. The van der Waals surface area contributed by atoms with Crippen LogP contribution in [-0.4, -0.2) is 9.55 Å². The summed E-state index contributed by atoms with van der Waals surface area (Å²) in [5.74, 6) is 1.91. The highest BCUT2D eigenvalue weighted by atomic mass is 79.9. The number of benzene rings is 1. The second-order valence-corrected chi connectivity index (χ2v) is 6.38. The van der Waals surface area contributed by atoms with E-state index in [1.165, 1.54) is 36.2 Å². The highest BCUT2D eigenvalue weighted by molar-refractivity contribution is 9.09. The predicted octanol–water partition coefficient (Wildman–Crippen LogP) is 4.05. The van der Waals surface area contributed by atoms with E-state index in [1.54, 1.807) is 0 Å². The van der Waals surface area contributed by atoms with Gasteiger partial charge in [0.15, 0.2) is 0 Å². The standard InChI is InChI=1S/C16H19BrN2/c1-19-11-10-18-15(19)9-8-13-7-6-12-4-2-3-5-14(12)16(13)17/h2-5,10-11,13,16H,6-9H2,1H3. The lowest BCUT2D eigenvalue weighted by molar-refractivity contribution is 0.418. The molecule has 1 aliphatic carbocycles. The van der Waals surface area contributed by atoms with Gasteiger partial charge in [0.25, 0.3) is 0 Å². The van der Waals surface area contributed by atoms with E-state index in [-0.39, 0.29) is 0 Å². The molecule has 100 valence electrons. The number of fused-ring (bicyclic) bond motifs is 1. The van der Waals surface area contributed by atoms with Crippen LogP contribution >= 0.6 is 15.9 Å². The van der Waals surface area contributed by atoms with Crippen molar-refractivity contribution < 1.29 is 0 Å². The summed E-state index contributed by atoms with van der Waals surface area (Å²) in [7, 11) is 2.07. The first-order valence-corrected chi connectivity index (χ1v) is 7.85. The van der Waals surface area contributed by atoms with E-state index in [0.717, 1.165) is 6.42 Å². The molecule has 1 aromatic heterocycles. The van der Waals surface area contributed by atoms with Crippen molar-refractivity contribution in [3.63, 3.8) is 0 Å². The molecule has 0 aliphatic heterocycles. The molecule has 0 saturated carbocycles. The molecule has 0 N–H and O–H groups in total. The Kier molecular flexibility index (Phi) is 3.74. The average molecular weight is 319 g/mol. The number of nitrogens with zero attached hydrogens (tertiary/aromatic N) is 2. The van der Waals surface area contributed by atoms with Crippen LogP contribution in [0.2, 0.25) is 0 Å². The van der Waals surface area contributed by atoms with Crippen LogP contribution in [0.4, 0.5) is 0 Å². The van der Waals surface area contributed by atoms with Crippen LogP contribution in [0, 0.1) is 5.92 Å². The van der Waals surface area contributed by atoms with Crippen molar-refractivity contribution in [2.45, 2.75) is 30.5 Å². The molecule has 1 aromatic carbocycles. The number of aromatic nitrogens is 2. The van der Waals surface area contributed by atoms with Crippen LogP contribution in [-0.2, 0) is 19.9 Å². The maximum atomic E-state index is 4.42. The summed E-state index contributed by atoms with van der Waals surface area (Å²) in [5.41, 5.74) is 3.00. The van der Waals surface area contributed by atoms with Gasteiger partial charge in [-0.3, -0.25) is 0 Å². The van der Waals surface area contributed by atoms with Gasteiger partial charge in [0.2, 0.25) is 0 Å². The van der Waals surface area contributed by atoms with Crippen molar-refractivity contribution in [3.8, 4) is 0 Å². The summed E-state index contributed by atoms with van der Waals surface area (Å²) in [6.45, 7) is 0. The highest BCUT2D eigenvalue weighted by Crippen LogP contribution is 2.42. The molecule has 19 heavy (non-hydrogen) atoms. The molecule has 3 heteroatoms. The van der Waals surface area contributed by atoms with E-state index in [1.807, 2.05) is 12.4 Å². The molecular formula is C16H19BrN2. The van der Waals surface area contributed by atoms with Crippen LogP contribution < -0.4 is 0 Å². The van der Waals surface area contributed by atoms with Crippen molar-refractivity contribution in [2.24, 2.45) is 13.0 Å². The van der Waals surface area contributed by atoms with E-state index in [4.69, 9.17) is 0 Å². The van der Waals surface area contributed by atoms with Crippen LogP contribution in [0.5, 0.6) is 0 Å². The summed E-state index contributed by atoms with van der Waals surface area (Å²) in [4.78, 5) is 4.92. The number of aryl methyl sites for hydroxylation is 3. The molecule has 1 heterocycles. The molecule has 0 fully saturated rings. The van der Waals surface area contributed by atoms with Gasteiger partial charge in [-0.15, -0.1) is 0 Å². The number of halogens is 1. The molecule has 3 rings (SSSR count). The zero-order chi connectivity index (χ0) is 13.2. The smallest absolute Gasteiger partial charge is 0.108 e. The average Bonchev–Trinajstić information content (AvgIpc) is 2.84. The van der Waals surface area contributed by atoms with Gasteiger partial charge < -0.3 is 4.57 Å². The lowest BCUT2D eigenvalue weighted by Gasteiger charge is -2.30. The minimum Gasteiger partial charge on any atom is -0.338 e. The molecule has 2 atom stereocenters. The Morgan fingerprint density at radius 2 is 2.21 bits per heavy atom. The Morgan fingerprint density at radius 3 is 3.00 bits per heavy atom. The maximum absolute atomic E-state index is 4.42. The van der Waals surface area contributed by atoms with E-state index in [9.17, 15) is 0 Å². The molecule has 0 amide bonds. The Hall–Kier alpha value is -1.09. The lowest BCUT2D eigenvalue weighted by Crippen LogP contribution is -2.18. The second kappa shape index (κ2) is 5.49. The Morgan fingerprint density at radius 1 is 1.37 bits per heavy atom. The van der Waals surface area contributed by atoms with Crippen molar-refractivity contribution in [1.29, 1.82) is 0 Å². The van der Waals surface area contributed by atoms with Gasteiger partial charge in [0.1, 0.15) is 5.82 Å². The summed E-state index contributed by atoms with van der Waals surface area (Å²) in [6, 6.07) is 8.82. The summed E-state index contributed by atoms with van der Waals surface area (Å²) < 4.78 is 2.13. The molecular weight excluding hydrogens is 300 g/mol. The third-order valence-electron chi connectivity index (χ3n) is 4.21. The SMILES string of the molecule is Cn1ccnc1CCC1CCc2ccccc2C1Br. The minimum absolute atomic E-state index is 0.498. The molecule has 0 bridgehead atoms. The topological polar surface area (TPSA) is 17.8 Å². The molecule has 2 unspecified atom stereocenters. The Balaban J connectivity index is 1.69. The molecule has 1 aliphatic rings. The molecule has 0 radical (unpaired) electrons. The van der Waals surface area contributed by atoms with Crippen LogP contribution in [0.15, 0.2) is 36.7 Å². The van der Waals surface area contributed by atoms with Crippen LogP contribution in [0.3, 0.4) is 0 Å². The first kappa shape index (κ1) is 12.9. The number of rotatable bonds is 3. The van der Waals surface area contributed by atoms with Gasteiger partial charge >= 0.3 is 0 Å². The summed E-state index contributed by atoms with van der Waals surface area (Å²) >= 11 is 3.91. The number of imidazole rings is 1. The number of hydrogen-bond donors (Lipinski definition) is 0. The first-order chi connectivity index (χ1) is 9.25. The van der Waals surface area contributed by atoms with E-state index in [2.05, 4.69) is 56.8 Å². The largest absolute Gasteiger partial charge is 0.338 e. The van der Waals surface area contributed by atoms with E-state index < -0.39 is 0 Å². The Labute approximate surface area is 123 Å². The first-order valence-electron chi connectivity index (χ1n) is 6.94. The second-order valence-electron chi connectivity index (χ2n) is 5.39. The van der Waals surface area contributed by atoms with Crippen molar-refractivity contribution in [1.82, 2.24) is 9.55 Å². The van der Waals surface area contributed by atoms with Crippen LogP contribution in [0.25, 0.3) is 0 Å². The highest BCUT2D eigenvalue weighted by Gasteiger charge is 2.27. The van der Waals surface area contributed by atoms with E-state index >= 15 is 0 Å². The van der Waals surface area contributed by atoms with Gasteiger partial charge in [-0.2, -0.15) is 0 Å². The van der Waals surface area contributed by atoms with Gasteiger partial charge in [-0.05, 0) is 36.3 Å². The van der Waals surface area contributed by atoms with Crippen LogP contribution in [0.1, 0.15) is 34.6 Å². The van der Waals surface area contributed by atoms with Crippen molar-refractivity contribution >= 4 is 15.9 Å². The fraction of sp³-hybridized carbons (Fsp3) is 0.438. The number of alkyl halides is 1. The van der Waals surface area contributed by atoms with Gasteiger partial charge in [-0.25, -0.2) is 4.98 Å². The van der Waals surface area contributed by atoms with Crippen molar-refractivity contribution in [3.05, 3.63) is 53.6 Å². The molecule has 2 aromatic rings. The quantitative estimate of drug-likeness (QED) is 0.781. The predicted molar refractivity (Wildman–Crippen MR) is 81.5 cm³/mol. The zero-order valence-corrected chi connectivity index (χ0v) is 12.8. The maximum Gasteiger partial charge on any atom is 0.108 e. The summed E-state index contributed by atoms with van der Waals surface area (Å²) in [6.07, 6.45) is 8.67. The molecule has 0 saturated heterocycles. The fourth-order valence-electron chi connectivity index (χ4n) is 3.01. The fourth-order valence-corrected chi connectivity index (χ4v) is 3.99. The molecule has 2 nitrogen and oxygen atoms in total. The van der Waals surface area contributed by atoms with E-state index in [0.29, 0.717) is 10.7 Å². The number of hydrogen-bond acceptors (Lipinski definition) is 1. The molecule has 0 spiro atoms. The third kappa shape index (κ3) is 2.62. The Bertz CT molecular complexity index is 561. The monoisotopic (exact) mass is 318 g/mol. The van der Waals surface area contributed by atoms with Crippen molar-refractivity contribution in [2.75, 3.05) is 0 Å². The summed E-state index contributed by atoms with van der Waals surface area (Å²) in [5, 5.41) is 0. The van der Waals surface area contributed by atoms with Gasteiger partial charge in [-0.1, -0.05) is 40.2 Å². The van der Waals surface area contributed by atoms with Gasteiger partial charge in [0.05, 0.1) is 0 Å². The normalized spacial score (nSPS) is 22.2. The minimum atomic E-state index is 0.498. The zero-order valence-electron chi connectivity index (χ0n) is 11.2. The third-order valence-corrected chi connectivity index (χ3v) is 5.45. The van der Waals surface area contributed by atoms with Gasteiger partial charge in [0, 0.05) is 30.7 Å².